The van der Waals surface area contributed by atoms with Crippen LogP contribution in [0.4, 0.5) is 0 Å². The summed E-state index contributed by atoms with van der Waals surface area (Å²) < 4.78 is 5.74. The van der Waals surface area contributed by atoms with Crippen LogP contribution in [-0.4, -0.2) is 50.3 Å². The minimum atomic E-state index is 0.202. The molecule has 1 fully saturated rings. The third kappa shape index (κ3) is 5.83. The monoisotopic (exact) mass is 230 g/mol. The lowest BCUT2D eigenvalue weighted by atomic mass is 9.98. The summed E-state index contributed by atoms with van der Waals surface area (Å²) in [6.07, 6.45) is 2.84. The quantitative estimate of drug-likeness (QED) is 0.783. The predicted molar refractivity (Wildman–Crippen MR) is 71.0 cm³/mol. The largest absolute Gasteiger partial charge is 0.377 e. The first kappa shape index (κ1) is 15.9. The van der Waals surface area contributed by atoms with Crippen molar-refractivity contribution in [3.05, 3.63) is 0 Å². The van der Waals surface area contributed by atoms with Gasteiger partial charge in [-0.3, -0.25) is 0 Å². The molecule has 3 nitrogen and oxygen atoms in total. The Kier molecular flexibility index (Phi) is 7.98. The van der Waals surface area contributed by atoms with Crippen molar-refractivity contribution in [2.45, 2.75) is 52.2 Å². The summed E-state index contributed by atoms with van der Waals surface area (Å²) in [5.41, 5.74) is 0.202. The Morgan fingerprint density at radius 1 is 1.31 bits per heavy atom. The molecule has 0 amide bonds. The van der Waals surface area contributed by atoms with Crippen molar-refractivity contribution in [1.29, 1.82) is 0 Å². The van der Waals surface area contributed by atoms with Crippen molar-refractivity contribution in [2.75, 3.05) is 33.8 Å². The third-order valence-corrected chi connectivity index (χ3v) is 2.64. The van der Waals surface area contributed by atoms with Gasteiger partial charge in [0.15, 0.2) is 0 Å². The van der Waals surface area contributed by atoms with Gasteiger partial charge in [0.2, 0.25) is 0 Å². The molecular weight excluding hydrogens is 200 g/mol. The van der Waals surface area contributed by atoms with Crippen molar-refractivity contribution in [2.24, 2.45) is 0 Å². The third-order valence-electron chi connectivity index (χ3n) is 2.64. The molecule has 1 rings (SSSR count). The highest BCUT2D eigenvalue weighted by atomic mass is 16.5. The molecule has 0 saturated carbocycles. The Labute approximate surface area is 102 Å². The summed E-state index contributed by atoms with van der Waals surface area (Å²) in [5, 5.41) is 3.59. The van der Waals surface area contributed by atoms with E-state index in [0.717, 1.165) is 19.7 Å². The van der Waals surface area contributed by atoms with Gasteiger partial charge in [0.25, 0.3) is 0 Å². The van der Waals surface area contributed by atoms with Crippen LogP contribution in [-0.2, 0) is 4.74 Å². The maximum absolute atomic E-state index is 5.74. The fourth-order valence-electron chi connectivity index (χ4n) is 2.10. The fourth-order valence-corrected chi connectivity index (χ4v) is 2.10. The minimum Gasteiger partial charge on any atom is -0.377 e. The van der Waals surface area contributed by atoms with Crippen molar-refractivity contribution in [3.8, 4) is 0 Å². The average molecular weight is 230 g/mol. The molecule has 0 bridgehead atoms. The maximum atomic E-state index is 5.74. The maximum Gasteiger partial charge on any atom is 0.0664 e. The van der Waals surface area contributed by atoms with E-state index in [0.29, 0.717) is 6.10 Å². The standard InChI is InChI=1S/C11H24N2O.C2H6/c1-10(2)14-9-11(8-13(3)4)6-5-7-12-11;1-2/h10,12H,5-9H2,1-4H3;1-2H3. The molecule has 0 aromatic rings. The van der Waals surface area contributed by atoms with Crippen LogP contribution in [0.1, 0.15) is 40.5 Å². The number of ether oxygens (including phenoxy) is 1. The molecule has 0 spiro atoms. The van der Waals surface area contributed by atoms with E-state index in [4.69, 9.17) is 4.74 Å². The second kappa shape index (κ2) is 8.04. The normalized spacial score (nSPS) is 24.8. The highest BCUT2D eigenvalue weighted by Gasteiger charge is 2.34. The Bertz CT molecular complexity index is 163. The summed E-state index contributed by atoms with van der Waals surface area (Å²) in [7, 11) is 4.24. The summed E-state index contributed by atoms with van der Waals surface area (Å²) in [6.45, 7) is 11.2. The summed E-state index contributed by atoms with van der Waals surface area (Å²) >= 11 is 0. The lowest BCUT2D eigenvalue weighted by molar-refractivity contribution is 0.0250. The second-order valence-corrected chi connectivity index (χ2v) is 4.91. The number of nitrogens with one attached hydrogen (secondary N) is 1. The minimum absolute atomic E-state index is 0.202. The van der Waals surface area contributed by atoms with Crippen molar-refractivity contribution < 1.29 is 4.74 Å². The Morgan fingerprint density at radius 3 is 2.31 bits per heavy atom. The number of rotatable bonds is 5. The van der Waals surface area contributed by atoms with Crippen LogP contribution in [0.5, 0.6) is 0 Å². The van der Waals surface area contributed by atoms with Crippen LogP contribution in [0.15, 0.2) is 0 Å². The molecule has 0 aromatic carbocycles. The zero-order valence-corrected chi connectivity index (χ0v) is 12.0. The van der Waals surface area contributed by atoms with Crippen LogP contribution >= 0.6 is 0 Å². The van der Waals surface area contributed by atoms with Gasteiger partial charge in [0, 0.05) is 6.54 Å². The van der Waals surface area contributed by atoms with Gasteiger partial charge in [-0.2, -0.15) is 0 Å². The Balaban J connectivity index is 0.00000106. The molecule has 16 heavy (non-hydrogen) atoms. The molecule has 1 aliphatic heterocycles. The SMILES string of the molecule is CC.CC(C)OCC1(CN(C)C)CCCN1. The van der Waals surface area contributed by atoms with E-state index in [-0.39, 0.29) is 5.54 Å². The van der Waals surface area contributed by atoms with Gasteiger partial charge in [0.1, 0.15) is 0 Å². The molecule has 0 aliphatic carbocycles. The predicted octanol–water partition coefficient (Wildman–Crippen LogP) is 2.12. The Morgan fingerprint density at radius 2 is 1.94 bits per heavy atom. The van der Waals surface area contributed by atoms with Gasteiger partial charge in [-0.25, -0.2) is 0 Å². The zero-order valence-electron chi connectivity index (χ0n) is 12.0. The van der Waals surface area contributed by atoms with Gasteiger partial charge in [-0.1, -0.05) is 13.8 Å². The average Bonchev–Trinajstić information content (AvgIpc) is 2.66. The molecule has 1 atom stereocenters. The first-order chi connectivity index (χ1) is 7.54. The molecule has 0 radical (unpaired) electrons. The van der Waals surface area contributed by atoms with E-state index in [1.807, 2.05) is 13.8 Å². The first-order valence-electron chi connectivity index (χ1n) is 6.55. The van der Waals surface area contributed by atoms with Crippen LogP contribution in [0.2, 0.25) is 0 Å². The number of nitrogens with zero attached hydrogens (tertiary/aromatic N) is 1. The number of hydrogen-bond acceptors (Lipinski definition) is 3. The highest BCUT2D eigenvalue weighted by Crippen LogP contribution is 2.21. The van der Waals surface area contributed by atoms with E-state index >= 15 is 0 Å². The van der Waals surface area contributed by atoms with Gasteiger partial charge in [0.05, 0.1) is 18.2 Å². The summed E-state index contributed by atoms with van der Waals surface area (Å²) in [6, 6.07) is 0. The molecule has 1 N–H and O–H groups in total. The number of hydrogen-bond donors (Lipinski definition) is 1. The van der Waals surface area contributed by atoms with E-state index in [1.165, 1.54) is 12.8 Å². The van der Waals surface area contributed by atoms with Crippen molar-refractivity contribution >= 4 is 0 Å². The van der Waals surface area contributed by atoms with E-state index in [9.17, 15) is 0 Å². The van der Waals surface area contributed by atoms with E-state index in [1.54, 1.807) is 0 Å². The zero-order chi connectivity index (χ0) is 12.6. The second-order valence-electron chi connectivity index (χ2n) is 4.91. The van der Waals surface area contributed by atoms with Gasteiger partial charge >= 0.3 is 0 Å². The molecule has 98 valence electrons. The molecule has 0 aromatic heterocycles. The van der Waals surface area contributed by atoms with Gasteiger partial charge < -0.3 is 15.0 Å². The lowest BCUT2D eigenvalue weighted by Crippen LogP contribution is -2.52. The molecular formula is C13H30N2O. The molecule has 1 aliphatic rings. The topological polar surface area (TPSA) is 24.5 Å². The van der Waals surface area contributed by atoms with Crippen LogP contribution < -0.4 is 5.32 Å². The molecule has 1 unspecified atom stereocenters. The van der Waals surface area contributed by atoms with E-state index in [2.05, 4.69) is 38.2 Å². The highest BCUT2D eigenvalue weighted by molar-refractivity contribution is 4.94. The van der Waals surface area contributed by atoms with Gasteiger partial charge in [-0.15, -0.1) is 0 Å². The van der Waals surface area contributed by atoms with Crippen molar-refractivity contribution in [1.82, 2.24) is 10.2 Å². The molecule has 1 heterocycles. The number of likely N-dealkylation sites (N-methyl/N-ethyl adjacent to an activating group) is 1. The van der Waals surface area contributed by atoms with Crippen LogP contribution in [0.3, 0.4) is 0 Å². The smallest absolute Gasteiger partial charge is 0.0664 e. The fraction of sp³-hybridized carbons (Fsp3) is 1.00. The van der Waals surface area contributed by atoms with Crippen molar-refractivity contribution in [3.63, 3.8) is 0 Å². The van der Waals surface area contributed by atoms with Crippen LogP contribution in [0.25, 0.3) is 0 Å². The van der Waals surface area contributed by atoms with Crippen LogP contribution in [0, 0.1) is 0 Å². The Hall–Kier alpha value is -0.120. The van der Waals surface area contributed by atoms with E-state index < -0.39 is 0 Å². The molecule has 3 heteroatoms. The van der Waals surface area contributed by atoms with Gasteiger partial charge in [-0.05, 0) is 47.3 Å². The molecule has 1 saturated heterocycles. The lowest BCUT2D eigenvalue weighted by Gasteiger charge is -2.33. The first-order valence-corrected chi connectivity index (χ1v) is 6.55. The summed E-state index contributed by atoms with van der Waals surface area (Å²) in [5.74, 6) is 0. The summed E-state index contributed by atoms with van der Waals surface area (Å²) in [4.78, 5) is 2.24.